The normalized spacial score (nSPS) is 20.3. The number of hydrogen-bond donors (Lipinski definition) is 0. The van der Waals surface area contributed by atoms with E-state index in [1.807, 2.05) is 0 Å². The molecular formula is C34H21NO. The van der Waals surface area contributed by atoms with E-state index in [4.69, 9.17) is 29.4 Å². The van der Waals surface area contributed by atoms with Crippen molar-refractivity contribution in [1.29, 1.82) is 0 Å². The fourth-order valence-electron chi connectivity index (χ4n) is 4.41. The monoisotopic (exact) mass is 480 g/mol. The zero-order valence-electron chi connectivity index (χ0n) is 38.9. The first kappa shape index (κ1) is 8.11. The molecule has 1 aromatic heterocycles. The van der Waals surface area contributed by atoms with Gasteiger partial charge in [-0.1, -0.05) is 90.6 Å². The van der Waals surface area contributed by atoms with Gasteiger partial charge in [0.15, 0.2) is 0 Å². The Hall–Kier alpha value is -4.82. The van der Waals surface area contributed by atoms with E-state index in [1.165, 1.54) is 0 Å². The van der Waals surface area contributed by atoms with Crippen molar-refractivity contribution in [1.82, 2.24) is 4.57 Å². The average Bonchev–Trinajstić information content (AvgIpc) is 3.53. The maximum atomic E-state index is 9.61. The molecule has 1 aliphatic heterocycles. The van der Waals surface area contributed by atoms with Crippen molar-refractivity contribution in [3.05, 3.63) is 127 Å². The van der Waals surface area contributed by atoms with Gasteiger partial charge in [0.2, 0.25) is 0 Å². The first-order valence-corrected chi connectivity index (χ1v) is 10.6. The van der Waals surface area contributed by atoms with E-state index < -0.39 is 183 Å². The summed E-state index contributed by atoms with van der Waals surface area (Å²) in [6.07, 6.45) is 0. The summed E-state index contributed by atoms with van der Waals surface area (Å²) in [7, 11) is 0. The molecule has 0 unspecified atom stereocenters. The minimum Gasteiger partial charge on any atom is -0.456 e. The van der Waals surface area contributed by atoms with E-state index in [1.54, 1.807) is 0 Å². The molecule has 1 aliphatic rings. The Morgan fingerprint density at radius 2 is 1.31 bits per heavy atom. The summed E-state index contributed by atoms with van der Waals surface area (Å²) in [5, 5.41) is -1.61. The van der Waals surface area contributed by atoms with Crippen molar-refractivity contribution in [3.8, 4) is 39.4 Å². The van der Waals surface area contributed by atoms with Gasteiger partial charge in [-0.15, -0.1) is 0 Å². The molecule has 0 spiro atoms. The Kier molecular flexibility index (Phi) is 1.65. The highest BCUT2D eigenvalue weighted by Gasteiger charge is 2.22. The fraction of sp³-hybridized carbons (Fsp3) is 0. The number of ether oxygens (including phenoxy) is 1. The maximum Gasteiger partial charge on any atom is 0.135 e. The van der Waals surface area contributed by atoms with Gasteiger partial charge in [-0.2, -0.15) is 0 Å². The molecule has 6 aromatic carbocycles. The summed E-state index contributed by atoms with van der Waals surface area (Å²) in [5.41, 5.74) is -4.02. The molecule has 0 saturated carbocycles. The molecule has 0 amide bonds. The molecular weight excluding hydrogens is 438 g/mol. The van der Waals surface area contributed by atoms with Crippen molar-refractivity contribution in [3.63, 3.8) is 0 Å². The number of benzene rings is 6. The van der Waals surface area contributed by atoms with Crippen molar-refractivity contribution in [2.75, 3.05) is 0 Å². The predicted octanol–water partition coefficient (Wildman–Crippen LogP) is 9.38. The summed E-state index contributed by atoms with van der Waals surface area (Å²) < 4.78 is 191. The van der Waals surface area contributed by atoms with Gasteiger partial charge in [-0.05, 0) is 52.8 Å². The Morgan fingerprint density at radius 1 is 0.556 bits per heavy atom. The van der Waals surface area contributed by atoms with Crippen LogP contribution in [0.25, 0.3) is 60.5 Å². The maximum absolute atomic E-state index is 9.61. The Balaban J connectivity index is 1.69. The Labute approximate surface area is 238 Å². The summed E-state index contributed by atoms with van der Waals surface area (Å²) >= 11 is 0. The van der Waals surface area contributed by atoms with Crippen LogP contribution in [-0.2, 0) is 0 Å². The Morgan fingerprint density at radius 3 is 2.22 bits per heavy atom. The first-order valence-electron chi connectivity index (χ1n) is 21.1. The van der Waals surface area contributed by atoms with Crippen LogP contribution in [0.1, 0.15) is 28.8 Å². The number of rotatable bonds is 2. The molecule has 0 fully saturated rings. The van der Waals surface area contributed by atoms with E-state index in [0.29, 0.717) is 0 Å². The highest BCUT2D eigenvalue weighted by atomic mass is 16.5. The number of fused-ring (bicyclic) bond motifs is 5. The molecule has 36 heavy (non-hydrogen) atoms. The van der Waals surface area contributed by atoms with Crippen molar-refractivity contribution < 1.29 is 33.5 Å². The third kappa shape index (κ3) is 2.67. The van der Waals surface area contributed by atoms with Crippen LogP contribution >= 0.6 is 0 Å². The van der Waals surface area contributed by atoms with Crippen molar-refractivity contribution in [2.45, 2.75) is 0 Å². The molecule has 0 bridgehead atoms. The van der Waals surface area contributed by atoms with Gasteiger partial charge in [0.05, 0.1) is 39.8 Å². The van der Waals surface area contributed by atoms with Gasteiger partial charge in [0.1, 0.15) is 11.5 Å². The number of nitrogens with zero attached hydrogens (tertiary/aromatic N) is 1. The largest absolute Gasteiger partial charge is 0.456 e. The number of para-hydroxylation sites is 3. The molecule has 0 radical (unpaired) electrons. The minimum absolute atomic E-state index is 0.285. The highest BCUT2D eigenvalue weighted by Crippen LogP contribution is 2.48. The number of hydrogen-bond acceptors (Lipinski definition) is 1. The van der Waals surface area contributed by atoms with E-state index in [2.05, 4.69) is 0 Å². The molecule has 2 heterocycles. The molecule has 2 heteroatoms. The van der Waals surface area contributed by atoms with E-state index in [9.17, 15) is 4.11 Å². The van der Waals surface area contributed by atoms with Gasteiger partial charge in [-0.25, -0.2) is 0 Å². The summed E-state index contributed by atoms with van der Waals surface area (Å²) in [6, 6.07) is -16.9. The molecule has 0 aliphatic carbocycles. The average molecular weight is 481 g/mol. The SMILES string of the molecule is [2H]c1c([2H])c([2H])c(-n2c3c([2H])c([2H])c([2H])c([2H])c3c3c([2H])c([2H])c([2H])c(-c4c([2H])c([2H])c5c(c4[2H])-c4c([2H])c([2H])c([2H])c6c([2H])c([2H])c([2H])c(c46)O5)c32)c([2H])c1[2H]. The van der Waals surface area contributed by atoms with E-state index in [-0.39, 0.29) is 16.3 Å². The van der Waals surface area contributed by atoms with Crippen LogP contribution in [0, 0.1) is 0 Å². The second-order valence-electron chi connectivity index (χ2n) is 7.77. The lowest BCUT2D eigenvalue weighted by atomic mass is 9.92. The van der Waals surface area contributed by atoms with Gasteiger partial charge >= 0.3 is 0 Å². The lowest BCUT2D eigenvalue weighted by Crippen LogP contribution is -1.98. The highest BCUT2D eigenvalue weighted by molar-refractivity contribution is 6.14. The van der Waals surface area contributed by atoms with Crippen molar-refractivity contribution in [2.24, 2.45) is 0 Å². The van der Waals surface area contributed by atoms with Gasteiger partial charge in [0, 0.05) is 33.0 Å². The Bertz CT molecular complexity index is 3080. The minimum atomic E-state index is -0.905. The third-order valence-corrected chi connectivity index (χ3v) is 5.87. The quantitative estimate of drug-likeness (QED) is 0.240. The van der Waals surface area contributed by atoms with Crippen LogP contribution in [0.15, 0.2) is 127 Å². The second-order valence-corrected chi connectivity index (χ2v) is 7.77. The lowest BCUT2D eigenvalue weighted by Gasteiger charge is -2.22. The molecule has 2 nitrogen and oxygen atoms in total. The number of aromatic nitrogens is 1. The van der Waals surface area contributed by atoms with Crippen molar-refractivity contribution >= 4 is 32.6 Å². The van der Waals surface area contributed by atoms with Crippen LogP contribution in [0.4, 0.5) is 0 Å². The van der Waals surface area contributed by atoms with Gasteiger partial charge in [-0.3, -0.25) is 0 Å². The second kappa shape index (κ2) is 7.34. The first-order chi connectivity index (χ1) is 26.6. The summed E-state index contributed by atoms with van der Waals surface area (Å²) in [4.78, 5) is 0. The zero-order chi connectivity index (χ0) is 41.9. The van der Waals surface area contributed by atoms with Crippen LogP contribution in [0.5, 0.6) is 11.5 Å². The van der Waals surface area contributed by atoms with Gasteiger partial charge < -0.3 is 9.30 Å². The molecule has 0 saturated heterocycles. The van der Waals surface area contributed by atoms with Crippen LogP contribution in [0.3, 0.4) is 0 Å². The standard InChI is InChI=1S/C34H21NO/c1-2-11-24(12-3-1)35-30-17-5-4-13-26(30)28-16-8-14-25(34(28)35)23-19-20-31-29(21-23)27-15-6-9-22-10-7-18-32(36-31)33(22)27/h1-21H/i1D,2D,3D,4D,5D,6D,7D,8D,9D,10D,11D,12D,13D,14D,15D,16D,17D,18D,19D,20D,21D. The molecule has 0 N–H and O–H groups in total. The predicted molar refractivity (Wildman–Crippen MR) is 149 cm³/mol. The van der Waals surface area contributed by atoms with Crippen LogP contribution < -0.4 is 4.74 Å². The smallest absolute Gasteiger partial charge is 0.135 e. The molecule has 0 atom stereocenters. The molecule has 8 rings (SSSR count). The van der Waals surface area contributed by atoms with Gasteiger partial charge in [0.25, 0.3) is 0 Å². The zero-order valence-corrected chi connectivity index (χ0v) is 17.9. The third-order valence-electron chi connectivity index (χ3n) is 5.87. The van der Waals surface area contributed by atoms with Crippen LogP contribution in [0.2, 0.25) is 0 Å². The van der Waals surface area contributed by atoms with E-state index >= 15 is 0 Å². The lowest BCUT2D eigenvalue weighted by molar-refractivity contribution is 0.487. The van der Waals surface area contributed by atoms with E-state index in [0.717, 1.165) is 4.57 Å². The fourth-order valence-corrected chi connectivity index (χ4v) is 4.41. The summed E-state index contributed by atoms with van der Waals surface area (Å²) in [6.45, 7) is 0. The van der Waals surface area contributed by atoms with Crippen LogP contribution in [-0.4, -0.2) is 4.57 Å². The summed E-state index contributed by atoms with van der Waals surface area (Å²) in [5.74, 6) is -1.08. The molecule has 7 aromatic rings. The topological polar surface area (TPSA) is 14.2 Å². The molecule has 168 valence electrons.